The first kappa shape index (κ1) is 15.5. The molecule has 1 aromatic carbocycles. The highest BCUT2D eigenvalue weighted by Gasteiger charge is 2.14. The molecule has 1 N–H and O–H groups in total. The van der Waals surface area contributed by atoms with Crippen LogP contribution >= 0.6 is 0 Å². The minimum absolute atomic E-state index is 0.0120. The third-order valence-electron chi connectivity index (χ3n) is 4.35. The molecule has 0 saturated carbocycles. The maximum atomic E-state index is 12.1. The van der Waals surface area contributed by atoms with Gasteiger partial charge in [0.05, 0.1) is 6.04 Å². The van der Waals surface area contributed by atoms with Crippen LogP contribution in [0.4, 0.5) is 0 Å². The van der Waals surface area contributed by atoms with Crippen LogP contribution in [-0.4, -0.2) is 15.5 Å². The predicted molar refractivity (Wildman–Crippen MR) is 88.1 cm³/mol. The number of nitrogens with zero attached hydrogens (tertiary/aromatic N) is 2. The molecule has 0 aliphatic heterocycles. The van der Waals surface area contributed by atoms with E-state index in [1.165, 1.54) is 34.7 Å². The van der Waals surface area contributed by atoms with E-state index >= 15 is 0 Å². The molecule has 1 aliphatic carbocycles. The third kappa shape index (κ3) is 3.67. The minimum atomic E-state index is -0.413. The van der Waals surface area contributed by atoms with Crippen molar-refractivity contribution < 1.29 is 4.79 Å². The van der Waals surface area contributed by atoms with Crippen LogP contribution in [-0.2, 0) is 24.2 Å². The average Bonchev–Trinajstić information content (AvgIpc) is 2.56. The fraction of sp³-hybridized carbons (Fsp3) is 0.389. The Morgan fingerprint density at radius 1 is 1.30 bits per heavy atom. The molecule has 2 aromatic rings. The molecule has 0 fully saturated rings. The van der Waals surface area contributed by atoms with Crippen LogP contribution in [0.15, 0.2) is 41.5 Å². The van der Waals surface area contributed by atoms with Gasteiger partial charge in [0.1, 0.15) is 6.54 Å². The van der Waals surface area contributed by atoms with Gasteiger partial charge >= 0.3 is 5.69 Å². The summed E-state index contributed by atoms with van der Waals surface area (Å²) in [6.07, 6.45) is 7.76. The Morgan fingerprint density at radius 3 is 2.87 bits per heavy atom. The molecule has 120 valence electrons. The lowest BCUT2D eigenvalue weighted by Gasteiger charge is -2.20. The highest BCUT2D eigenvalue weighted by molar-refractivity contribution is 5.76. The molecule has 1 heterocycles. The van der Waals surface area contributed by atoms with Gasteiger partial charge in [0.2, 0.25) is 5.91 Å². The minimum Gasteiger partial charge on any atom is -0.348 e. The summed E-state index contributed by atoms with van der Waals surface area (Å²) in [7, 11) is 0. The monoisotopic (exact) mass is 311 g/mol. The Morgan fingerprint density at radius 2 is 2.09 bits per heavy atom. The van der Waals surface area contributed by atoms with Crippen molar-refractivity contribution in [2.24, 2.45) is 0 Å². The first-order valence-corrected chi connectivity index (χ1v) is 8.06. The van der Waals surface area contributed by atoms with E-state index in [2.05, 4.69) is 28.5 Å². The molecule has 5 heteroatoms. The maximum absolute atomic E-state index is 12.1. The molecular weight excluding hydrogens is 290 g/mol. The number of carbonyl (C=O) groups is 1. The molecule has 5 nitrogen and oxygen atoms in total. The number of nitrogens with one attached hydrogen (secondary N) is 1. The third-order valence-corrected chi connectivity index (χ3v) is 4.35. The van der Waals surface area contributed by atoms with Crippen molar-refractivity contribution in [2.75, 3.05) is 0 Å². The Labute approximate surface area is 135 Å². The van der Waals surface area contributed by atoms with Crippen LogP contribution in [0.2, 0.25) is 0 Å². The lowest BCUT2D eigenvalue weighted by atomic mass is 9.89. The first-order valence-electron chi connectivity index (χ1n) is 8.06. The summed E-state index contributed by atoms with van der Waals surface area (Å²) in [4.78, 5) is 27.3. The van der Waals surface area contributed by atoms with Crippen molar-refractivity contribution in [1.29, 1.82) is 0 Å². The molecular formula is C18H21N3O2. The molecule has 0 spiro atoms. The number of fused-ring (bicyclic) bond motifs is 1. The second-order valence-corrected chi connectivity index (χ2v) is 6.05. The fourth-order valence-corrected chi connectivity index (χ4v) is 3.06. The summed E-state index contributed by atoms with van der Waals surface area (Å²) in [6, 6.07) is 8.03. The number of aromatic nitrogens is 2. The smallest absolute Gasteiger partial charge is 0.347 e. The van der Waals surface area contributed by atoms with E-state index < -0.39 is 5.69 Å². The van der Waals surface area contributed by atoms with E-state index in [0.717, 1.165) is 18.4 Å². The van der Waals surface area contributed by atoms with Gasteiger partial charge in [-0.25, -0.2) is 9.78 Å². The zero-order chi connectivity index (χ0) is 16.2. The van der Waals surface area contributed by atoms with Gasteiger partial charge in [-0.15, -0.1) is 0 Å². The van der Waals surface area contributed by atoms with Gasteiger partial charge in [0.15, 0.2) is 0 Å². The Hall–Kier alpha value is -2.43. The second kappa shape index (κ2) is 6.77. The Balaban J connectivity index is 1.67. The number of amides is 1. The van der Waals surface area contributed by atoms with Gasteiger partial charge in [-0.05, 0) is 55.4 Å². The number of hydrogen-bond donors (Lipinski definition) is 1. The largest absolute Gasteiger partial charge is 0.348 e. The van der Waals surface area contributed by atoms with Crippen molar-refractivity contribution in [3.63, 3.8) is 0 Å². The summed E-state index contributed by atoms with van der Waals surface area (Å²) in [5.74, 6) is -0.190. The summed E-state index contributed by atoms with van der Waals surface area (Å²) in [5, 5.41) is 2.95. The predicted octanol–water partition coefficient (Wildman–Crippen LogP) is 2.00. The van der Waals surface area contributed by atoms with E-state index in [1.807, 2.05) is 6.92 Å². The van der Waals surface area contributed by atoms with Crippen LogP contribution in [0.1, 0.15) is 42.5 Å². The van der Waals surface area contributed by atoms with E-state index in [9.17, 15) is 9.59 Å². The highest BCUT2D eigenvalue weighted by atomic mass is 16.2. The molecule has 1 aliphatic rings. The number of benzene rings is 1. The van der Waals surface area contributed by atoms with Gasteiger partial charge in [-0.2, -0.15) is 0 Å². The van der Waals surface area contributed by atoms with Gasteiger partial charge in [-0.1, -0.05) is 18.2 Å². The van der Waals surface area contributed by atoms with E-state index in [-0.39, 0.29) is 18.5 Å². The van der Waals surface area contributed by atoms with E-state index in [1.54, 1.807) is 12.3 Å². The lowest BCUT2D eigenvalue weighted by molar-refractivity contribution is -0.122. The normalized spacial score (nSPS) is 14.8. The molecule has 3 rings (SSSR count). The summed E-state index contributed by atoms with van der Waals surface area (Å²) in [6.45, 7) is 1.95. The average molecular weight is 311 g/mol. The molecule has 0 radical (unpaired) electrons. The van der Waals surface area contributed by atoms with Crippen LogP contribution in [0.25, 0.3) is 0 Å². The quantitative estimate of drug-likeness (QED) is 0.939. The zero-order valence-electron chi connectivity index (χ0n) is 13.3. The Kier molecular flexibility index (Phi) is 4.55. The van der Waals surface area contributed by atoms with Crippen molar-refractivity contribution in [2.45, 2.75) is 45.2 Å². The van der Waals surface area contributed by atoms with Gasteiger partial charge < -0.3 is 5.32 Å². The Bertz CT molecular complexity index is 767. The summed E-state index contributed by atoms with van der Waals surface area (Å²) < 4.78 is 1.30. The molecule has 1 amide bonds. The van der Waals surface area contributed by atoms with Gasteiger partial charge in [0.25, 0.3) is 0 Å². The first-order chi connectivity index (χ1) is 11.1. The van der Waals surface area contributed by atoms with Crippen molar-refractivity contribution in [3.8, 4) is 0 Å². The fourth-order valence-electron chi connectivity index (χ4n) is 3.06. The topological polar surface area (TPSA) is 64.0 Å². The SMILES string of the molecule is C[C@@H](NC(=O)Cn1cccnc1=O)c1ccc2c(c1)CCCC2. The van der Waals surface area contributed by atoms with Gasteiger partial charge in [-0.3, -0.25) is 9.36 Å². The van der Waals surface area contributed by atoms with Crippen LogP contribution in [0, 0.1) is 0 Å². The molecule has 0 saturated heterocycles. The summed E-state index contributed by atoms with van der Waals surface area (Å²) in [5.41, 5.74) is 3.53. The molecule has 1 atom stereocenters. The van der Waals surface area contributed by atoms with Gasteiger partial charge in [0, 0.05) is 12.4 Å². The maximum Gasteiger partial charge on any atom is 0.347 e. The molecule has 0 bridgehead atoms. The van der Waals surface area contributed by atoms with E-state index in [4.69, 9.17) is 0 Å². The summed E-state index contributed by atoms with van der Waals surface area (Å²) >= 11 is 0. The van der Waals surface area contributed by atoms with Crippen LogP contribution in [0.3, 0.4) is 0 Å². The van der Waals surface area contributed by atoms with Crippen LogP contribution < -0.4 is 11.0 Å². The van der Waals surface area contributed by atoms with Crippen molar-refractivity contribution in [1.82, 2.24) is 14.9 Å². The highest BCUT2D eigenvalue weighted by Crippen LogP contribution is 2.24. The molecule has 0 unspecified atom stereocenters. The molecule has 1 aromatic heterocycles. The lowest BCUT2D eigenvalue weighted by Crippen LogP contribution is -2.34. The number of carbonyl (C=O) groups excluding carboxylic acids is 1. The molecule has 23 heavy (non-hydrogen) atoms. The van der Waals surface area contributed by atoms with E-state index in [0.29, 0.717) is 0 Å². The standard InChI is InChI=1S/C18H21N3O2/c1-13(15-8-7-14-5-2-3-6-16(14)11-15)20-17(22)12-21-10-4-9-19-18(21)23/h4,7-11,13H,2-3,5-6,12H2,1H3,(H,20,22)/t13-/m1/s1. The second-order valence-electron chi connectivity index (χ2n) is 6.05. The van der Waals surface area contributed by atoms with Crippen molar-refractivity contribution in [3.05, 3.63) is 63.8 Å². The van der Waals surface area contributed by atoms with Crippen LogP contribution in [0.5, 0.6) is 0 Å². The zero-order valence-corrected chi connectivity index (χ0v) is 13.3. The number of aryl methyl sites for hydroxylation is 2. The number of hydrogen-bond acceptors (Lipinski definition) is 3. The van der Waals surface area contributed by atoms with Crippen molar-refractivity contribution >= 4 is 5.91 Å². The number of rotatable bonds is 4.